The van der Waals surface area contributed by atoms with Crippen molar-refractivity contribution >= 4 is 29.1 Å². The zero-order valence-electron chi connectivity index (χ0n) is 14.1. The summed E-state index contributed by atoms with van der Waals surface area (Å²) in [5, 5.41) is 2.47. The van der Waals surface area contributed by atoms with Gasteiger partial charge < -0.3 is 15.1 Å². The minimum absolute atomic E-state index is 0.0198. The second kappa shape index (κ2) is 8.19. The number of anilines is 1. The largest absolute Gasteiger partial charge is 0.368 e. The molecule has 0 atom stereocenters. The smallest absolute Gasteiger partial charge is 0.256 e. The Morgan fingerprint density at radius 3 is 2.35 bits per heavy atom. The van der Waals surface area contributed by atoms with Gasteiger partial charge in [0.15, 0.2) is 0 Å². The first-order valence-electron chi connectivity index (χ1n) is 8.36. The highest BCUT2D eigenvalue weighted by molar-refractivity contribution is 6.33. The number of piperazine rings is 1. The highest BCUT2D eigenvalue weighted by Crippen LogP contribution is 2.19. The summed E-state index contributed by atoms with van der Waals surface area (Å²) in [7, 11) is 0. The molecule has 2 aromatic rings. The monoisotopic (exact) mass is 375 g/mol. The van der Waals surface area contributed by atoms with Crippen molar-refractivity contribution in [2.24, 2.45) is 0 Å². The number of nitrogens with one attached hydrogen (secondary N) is 1. The van der Waals surface area contributed by atoms with Crippen LogP contribution in [0, 0.1) is 5.82 Å². The van der Waals surface area contributed by atoms with Crippen LogP contribution >= 0.6 is 11.6 Å². The van der Waals surface area contributed by atoms with E-state index >= 15 is 0 Å². The van der Waals surface area contributed by atoms with Gasteiger partial charge in [-0.2, -0.15) is 0 Å². The zero-order valence-corrected chi connectivity index (χ0v) is 14.9. The number of para-hydroxylation sites is 1. The molecule has 0 saturated carbocycles. The molecule has 5 nitrogen and oxygen atoms in total. The maximum Gasteiger partial charge on any atom is 0.256 e. The summed E-state index contributed by atoms with van der Waals surface area (Å²) >= 11 is 5.86. The van der Waals surface area contributed by atoms with Crippen molar-refractivity contribution in [3.05, 3.63) is 64.9 Å². The number of carbonyl (C=O) groups excluding carboxylic acids is 2. The molecule has 1 saturated heterocycles. The minimum atomic E-state index is -0.709. The van der Waals surface area contributed by atoms with Gasteiger partial charge in [0.2, 0.25) is 5.91 Å². The van der Waals surface area contributed by atoms with Gasteiger partial charge in [-0.1, -0.05) is 35.9 Å². The summed E-state index contributed by atoms with van der Waals surface area (Å²) in [6, 6.07) is 14.0. The number of halogens is 2. The van der Waals surface area contributed by atoms with Gasteiger partial charge >= 0.3 is 0 Å². The predicted octanol–water partition coefficient (Wildman–Crippen LogP) is 2.56. The molecule has 3 rings (SSSR count). The Balaban J connectivity index is 1.51. The Morgan fingerprint density at radius 1 is 1.00 bits per heavy atom. The number of amides is 2. The first kappa shape index (κ1) is 18.2. The van der Waals surface area contributed by atoms with Gasteiger partial charge in [0.25, 0.3) is 5.91 Å². The van der Waals surface area contributed by atoms with Crippen LogP contribution in [0.25, 0.3) is 0 Å². The lowest BCUT2D eigenvalue weighted by molar-refractivity contribution is -0.130. The van der Waals surface area contributed by atoms with Crippen LogP contribution in [0.4, 0.5) is 10.1 Å². The molecule has 26 heavy (non-hydrogen) atoms. The van der Waals surface area contributed by atoms with Crippen LogP contribution in [0.5, 0.6) is 0 Å². The van der Waals surface area contributed by atoms with Gasteiger partial charge in [0, 0.05) is 31.9 Å². The highest BCUT2D eigenvalue weighted by atomic mass is 35.5. The van der Waals surface area contributed by atoms with E-state index in [2.05, 4.69) is 10.2 Å². The van der Waals surface area contributed by atoms with Gasteiger partial charge in [-0.15, -0.1) is 0 Å². The minimum Gasteiger partial charge on any atom is -0.368 e. The number of carbonyl (C=O) groups is 2. The molecule has 1 aliphatic rings. The van der Waals surface area contributed by atoms with Crippen LogP contribution in [-0.2, 0) is 4.79 Å². The van der Waals surface area contributed by atoms with Crippen LogP contribution in [0.2, 0.25) is 5.02 Å². The molecule has 136 valence electrons. The molecule has 2 aromatic carbocycles. The highest BCUT2D eigenvalue weighted by Gasteiger charge is 2.22. The van der Waals surface area contributed by atoms with E-state index < -0.39 is 11.7 Å². The molecular formula is C19H19ClFN3O2. The second-order valence-electron chi connectivity index (χ2n) is 5.98. The van der Waals surface area contributed by atoms with Crippen molar-refractivity contribution in [2.75, 3.05) is 37.6 Å². The van der Waals surface area contributed by atoms with E-state index in [4.69, 9.17) is 11.6 Å². The predicted molar refractivity (Wildman–Crippen MR) is 99.0 cm³/mol. The van der Waals surface area contributed by atoms with Crippen LogP contribution in [-0.4, -0.2) is 49.4 Å². The Hall–Kier alpha value is -2.60. The summed E-state index contributed by atoms with van der Waals surface area (Å²) < 4.78 is 13.7. The van der Waals surface area contributed by atoms with E-state index in [-0.39, 0.29) is 23.0 Å². The molecule has 2 amide bonds. The first-order valence-corrected chi connectivity index (χ1v) is 8.74. The summed E-state index contributed by atoms with van der Waals surface area (Å²) in [5.41, 5.74) is 0.887. The molecule has 0 radical (unpaired) electrons. The van der Waals surface area contributed by atoms with Gasteiger partial charge in [-0.05, 0) is 24.3 Å². The van der Waals surface area contributed by atoms with Crippen molar-refractivity contribution in [2.45, 2.75) is 0 Å². The van der Waals surface area contributed by atoms with E-state index in [1.54, 1.807) is 4.90 Å². The van der Waals surface area contributed by atoms with E-state index in [1.165, 1.54) is 12.1 Å². The third-order valence-electron chi connectivity index (χ3n) is 4.34. The fourth-order valence-electron chi connectivity index (χ4n) is 2.92. The molecule has 1 heterocycles. The third kappa shape index (κ3) is 4.14. The molecule has 0 spiro atoms. The lowest BCUT2D eigenvalue weighted by Gasteiger charge is -2.36. The molecule has 0 aliphatic carbocycles. The molecular weight excluding hydrogens is 357 g/mol. The van der Waals surface area contributed by atoms with Crippen molar-refractivity contribution in [1.29, 1.82) is 0 Å². The second-order valence-corrected chi connectivity index (χ2v) is 6.39. The number of hydrogen-bond donors (Lipinski definition) is 1. The molecule has 7 heteroatoms. The Bertz CT molecular complexity index is 772. The Kier molecular flexibility index (Phi) is 5.73. The van der Waals surface area contributed by atoms with E-state index in [1.807, 2.05) is 30.3 Å². The molecule has 0 bridgehead atoms. The average molecular weight is 376 g/mol. The molecule has 1 aliphatic heterocycles. The lowest BCUT2D eigenvalue weighted by atomic mass is 10.2. The van der Waals surface area contributed by atoms with Crippen LogP contribution in [0.3, 0.4) is 0 Å². The van der Waals surface area contributed by atoms with Crippen molar-refractivity contribution in [3.63, 3.8) is 0 Å². The van der Waals surface area contributed by atoms with Crippen LogP contribution < -0.4 is 10.2 Å². The zero-order chi connectivity index (χ0) is 18.5. The lowest BCUT2D eigenvalue weighted by Crippen LogP contribution is -2.51. The van der Waals surface area contributed by atoms with E-state index in [0.29, 0.717) is 13.1 Å². The SMILES string of the molecule is O=C(NCC(=O)N1CCN(c2ccccc2)CC1)c1c(F)cccc1Cl. The topological polar surface area (TPSA) is 52.7 Å². The van der Waals surface area contributed by atoms with Crippen molar-refractivity contribution < 1.29 is 14.0 Å². The average Bonchev–Trinajstić information content (AvgIpc) is 2.67. The third-order valence-corrected chi connectivity index (χ3v) is 4.66. The van der Waals surface area contributed by atoms with Crippen molar-refractivity contribution in [1.82, 2.24) is 10.2 Å². The molecule has 0 aromatic heterocycles. The molecule has 1 fully saturated rings. The van der Waals surface area contributed by atoms with Crippen molar-refractivity contribution in [3.8, 4) is 0 Å². The summed E-state index contributed by atoms with van der Waals surface area (Å²) in [6.45, 7) is 2.41. The van der Waals surface area contributed by atoms with Gasteiger partial charge in [0.05, 0.1) is 17.1 Å². The van der Waals surface area contributed by atoms with E-state index in [0.717, 1.165) is 24.8 Å². The van der Waals surface area contributed by atoms with E-state index in [9.17, 15) is 14.0 Å². The normalized spacial score (nSPS) is 14.2. The number of nitrogens with zero attached hydrogens (tertiary/aromatic N) is 2. The fraction of sp³-hybridized carbons (Fsp3) is 0.263. The van der Waals surface area contributed by atoms with Gasteiger partial charge in [0.1, 0.15) is 5.82 Å². The van der Waals surface area contributed by atoms with Crippen LogP contribution in [0.15, 0.2) is 48.5 Å². The van der Waals surface area contributed by atoms with Gasteiger partial charge in [-0.3, -0.25) is 9.59 Å². The summed E-state index contributed by atoms with van der Waals surface area (Å²) in [6.07, 6.45) is 0. The Labute approximate surface area is 156 Å². The maximum absolute atomic E-state index is 13.7. The fourth-order valence-corrected chi connectivity index (χ4v) is 3.17. The summed E-state index contributed by atoms with van der Waals surface area (Å²) in [4.78, 5) is 28.3. The molecule has 0 unspecified atom stereocenters. The number of hydrogen-bond acceptors (Lipinski definition) is 3. The van der Waals surface area contributed by atoms with Crippen LogP contribution in [0.1, 0.15) is 10.4 Å². The number of rotatable bonds is 4. The summed E-state index contributed by atoms with van der Waals surface area (Å²) in [5.74, 6) is -1.60. The maximum atomic E-state index is 13.7. The molecule has 1 N–H and O–H groups in total. The van der Waals surface area contributed by atoms with Gasteiger partial charge in [-0.25, -0.2) is 4.39 Å². The number of benzene rings is 2. The standard InChI is InChI=1S/C19H19ClFN3O2/c20-15-7-4-8-16(21)18(15)19(26)22-13-17(25)24-11-9-23(10-12-24)14-5-2-1-3-6-14/h1-8H,9-13H2,(H,22,26). The Morgan fingerprint density at radius 2 is 1.69 bits per heavy atom. The first-order chi connectivity index (χ1) is 12.6. The quantitative estimate of drug-likeness (QED) is 0.893.